The Morgan fingerprint density at radius 3 is 1.17 bits per heavy atom. The van der Waals surface area contributed by atoms with E-state index in [1.165, 1.54) is 0 Å². The molecule has 0 aliphatic rings. The molecule has 0 saturated carbocycles. The zero-order chi connectivity index (χ0) is 17.3. The van der Waals surface area contributed by atoms with E-state index in [4.69, 9.17) is 29.2 Å². The van der Waals surface area contributed by atoms with Crippen molar-refractivity contribution in [3.63, 3.8) is 0 Å². The van der Waals surface area contributed by atoms with Crippen LogP contribution >= 0.6 is 19.4 Å². The Morgan fingerprint density at radius 1 is 0.652 bits per heavy atom. The average molecular weight is 407 g/mol. The van der Waals surface area contributed by atoms with E-state index in [2.05, 4.69) is 0 Å². The number of hydrogen-bond acceptors (Lipinski definition) is 2. The maximum atomic E-state index is 5.73. The van der Waals surface area contributed by atoms with Crippen molar-refractivity contribution < 1.29 is 24.9 Å². The monoisotopic (exact) mass is 404 g/mol. The molecule has 0 aromatic heterocycles. The quantitative estimate of drug-likeness (QED) is 0.335. The van der Waals surface area contributed by atoms with E-state index >= 15 is 0 Å². The molecule has 0 fully saturated rings. The van der Waals surface area contributed by atoms with Crippen molar-refractivity contribution in [1.82, 2.24) is 0 Å². The number of hydrogen-bond donors (Lipinski definition) is 0. The van der Waals surface area contributed by atoms with Gasteiger partial charge in [-0.25, -0.2) is 9.78 Å². The van der Waals surface area contributed by atoms with Crippen LogP contribution in [0.5, 0.6) is 0 Å². The van der Waals surface area contributed by atoms with Crippen molar-refractivity contribution in [2.45, 2.75) is 38.9 Å². The van der Waals surface area contributed by atoms with Gasteiger partial charge in [0.2, 0.25) is 0 Å². The van der Waals surface area contributed by atoms with E-state index in [-0.39, 0.29) is 0 Å². The number of halogens is 2. The fourth-order valence-electron chi connectivity index (χ4n) is 1.98. The first-order valence-corrected chi connectivity index (χ1v) is 15.2. The predicted octanol–water partition coefficient (Wildman–Crippen LogP) is 6.18. The molecule has 0 bridgehead atoms. The van der Waals surface area contributed by atoms with Crippen LogP contribution in [0, 0.1) is 0 Å². The molecule has 23 heavy (non-hydrogen) atoms. The van der Waals surface area contributed by atoms with E-state index in [0.717, 1.165) is 11.1 Å². The Morgan fingerprint density at radius 2 is 0.913 bits per heavy atom. The van der Waals surface area contributed by atoms with Gasteiger partial charge in [0.15, 0.2) is 0 Å². The normalized spacial score (nSPS) is 11.2. The molecule has 0 aliphatic carbocycles. The van der Waals surface area contributed by atoms with Gasteiger partial charge in [-0.05, 0) is 38.8 Å². The summed E-state index contributed by atoms with van der Waals surface area (Å²) in [5, 5.41) is 0. The van der Waals surface area contributed by atoms with Crippen LogP contribution in [-0.2, 0) is 36.1 Å². The summed E-state index contributed by atoms with van der Waals surface area (Å²) < 4.78 is 0. The van der Waals surface area contributed by atoms with Crippen molar-refractivity contribution in [3.05, 3.63) is 71.8 Å². The Balaban J connectivity index is 0.000000816. The van der Waals surface area contributed by atoms with Gasteiger partial charge in [-0.2, -0.15) is 0 Å². The summed E-state index contributed by atoms with van der Waals surface area (Å²) in [6.45, 7) is 8.01. The van der Waals surface area contributed by atoms with Gasteiger partial charge in [0, 0.05) is 0 Å². The predicted molar refractivity (Wildman–Crippen MR) is 92.8 cm³/mol. The maximum absolute atomic E-state index is 5.73. The van der Waals surface area contributed by atoms with Crippen molar-refractivity contribution in [2.75, 3.05) is 0 Å². The van der Waals surface area contributed by atoms with Gasteiger partial charge in [-0.1, -0.05) is 60.7 Å². The zero-order valence-electron chi connectivity index (χ0n) is 14.1. The average Bonchev–Trinajstić information content (AvgIpc) is 2.56. The molecule has 0 spiro atoms. The molecule has 122 valence electrons. The van der Waals surface area contributed by atoms with E-state index in [0.29, 0.717) is 0 Å². The zero-order valence-corrected chi connectivity index (χ0v) is 18.5. The molecule has 0 unspecified atom stereocenters. The number of rotatable bonds is 5. The first-order chi connectivity index (χ1) is 10.8. The van der Waals surface area contributed by atoms with Gasteiger partial charge in [0.25, 0.3) is 0 Å². The summed E-state index contributed by atoms with van der Waals surface area (Å²) >= 11 is -0.931. The second kappa shape index (κ2) is 9.76. The van der Waals surface area contributed by atoms with Crippen molar-refractivity contribution in [3.8, 4) is 0 Å². The minimum absolute atomic E-state index is 0.493. The topological polar surface area (TPSA) is 18.5 Å². The third-order valence-corrected chi connectivity index (χ3v) is 3.40. The van der Waals surface area contributed by atoms with Crippen LogP contribution in [0.1, 0.15) is 38.8 Å². The molecule has 2 aromatic rings. The molecule has 2 nitrogen and oxygen atoms in total. The Hall–Kier alpha value is -0.437. The van der Waals surface area contributed by atoms with Crippen molar-refractivity contribution in [1.29, 1.82) is 0 Å². The van der Waals surface area contributed by atoms with E-state index in [9.17, 15) is 0 Å². The van der Waals surface area contributed by atoms with Crippen LogP contribution in [0.4, 0.5) is 0 Å². The standard InChI is InChI=1S/C18H22O2.2ClH.Zn/c1-17(2,15-11-7-5-8-12-15)19-20-18(3,4)16-13-9-6-10-14-16;;;/h5-14H,1-4H3;2*1H;/q;;;+2/p-2. The second-order valence-electron chi connectivity index (χ2n) is 6.02. The molecule has 0 amide bonds. The SMILES string of the molecule is CC(C)(OOC(C)(C)c1ccccc1)c1ccccc1.[Cl][Zn][Cl]. The summed E-state index contributed by atoms with van der Waals surface area (Å²) in [6, 6.07) is 20.2. The third kappa shape index (κ3) is 6.91. The molecule has 0 heterocycles. The fourth-order valence-corrected chi connectivity index (χ4v) is 1.98. The second-order valence-corrected chi connectivity index (χ2v) is 10.6. The van der Waals surface area contributed by atoms with Crippen LogP contribution < -0.4 is 0 Å². The molecule has 0 aliphatic heterocycles. The summed E-state index contributed by atoms with van der Waals surface area (Å²) in [4.78, 5) is 11.5. The van der Waals surface area contributed by atoms with Crippen LogP contribution in [0.2, 0.25) is 0 Å². The van der Waals surface area contributed by atoms with E-state index in [1.807, 2.05) is 88.4 Å². The summed E-state index contributed by atoms with van der Waals surface area (Å²) in [5.74, 6) is 0. The Labute approximate surface area is 154 Å². The molecule has 5 heteroatoms. The van der Waals surface area contributed by atoms with Crippen LogP contribution in [0.3, 0.4) is 0 Å². The molecular weight excluding hydrogens is 384 g/mol. The Bertz CT molecular complexity index is 508. The molecular formula is C18H22Cl2O2Zn. The van der Waals surface area contributed by atoms with Crippen LogP contribution in [-0.4, -0.2) is 0 Å². The number of benzene rings is 2. The molecule has 0 atom stereocenters. The molecule has 2 aromatic carbocycles. The molecule has 0 radical (unpaired) electrons. The van der Waals surface area contributed by atoms with Gasteiger partial charge < -0.3 is 0 Å². The van der Waals surface area contributed by atoms with E-state index in [1.54, 1.807) is 0 Å². The molecule has 2 rings (SSSR count). The molecule has 0 saturated heterocycles. The summed E-state index contributed by atoms with van der Waals surface area (Å²) in [7, 11) is 9.90. The Kier molecular flexibility index (Phi) is 8.75. The minimum atomic E-state index is -0.931. The summed E-state index contributed by atoms with van der Waals surface area (Å²) in [6.07, 6.45) is 0. The van der Waals surface area contributed by atoms with E-state index < -0.39 is 26.3 Å². The first-order valence-electron chi connectivity index (χ1n) is 7.43. The van der Waals surface area contributed by atoms with Gasteiger partial charge in [0.05, 0.1) is 0 Å². The third-order valence-electron chi connectivity index (χ3n) is 3.40. The van der Waals surface area contributed by atoms with Crippen LogP contribution in [0.15, 0.2) is 60.7 Å². The first kappa shape index (κ1) is 20.6. The van der Waals surface area contributed by atoms with Gasteiger partial charge in [-0.3, -0.25) is 0 Å². The fraction of sp³-hybridized carbons (Fsp3) is 0.333. The van der Waals surface area contributed by atoms with Gasteiger partial charge >= 0.3 is 34.5 Å². The van der Waals surface area contributed by atoms with Gasteiger partial charge in [-0.15, -0.1) is 0 Å². The van der Waals surface area contributed by atoms with Crippen molar-refractivity contribution >= 4 is 19.4 Å². The molecule has 0 N–H and O–H groups in total. The van der Waals surface area contributed by atoms with Crippen molar-refractivity contribution in [2.24, 2.45) is 0 Å². The summed E-state index contributed by atoms with van der Waals surface area (Å²) in [5.41, 5.74) is 1.19. The van der Waals surface area contributed by atoms with Gasteiger partial charge in [0.1, 0.15) is 11.2 Å². The van der Waals surface area contributed by atoms with Crippen LogP contribution in [0.25, 0.3) is 0 Å².